The van der Waals surface area contributed by atoms with Crippen LogP contribution in [-0.4, -0.2) is 52.2 Å². The Balaban J connectivity index is 1.53. The fourth-order valence-corrected chi connectivity index (χ4v) is 3.66. The van der Waals surface area contributed by atoms with Crippen molar-refractivity contribution in [2.45, 2.75) is 24.0 Å². The predicted molar refractivity (Wildman–Crippen MR) is 97.3 cm³/mol. The van der Waals surface area contributed by atoms with Crippen LogP contribution < -0.4 is 4.90 Å². The molecule has 1 saturated heterocycles. The summed E-state index contributed by atoms with van der Waals surface area (Å²) in [6.07, 6.45) is 3.50. The standard InChI is InChI=1S/C18H22N4OS/c1-14-4-6-16(7-5-14)24-15(2)17(23)21-10-12-22(13-11-21)18-19-8-3-9-20-18/h3-9,15H,10-13H2,1-2H3/t15-/m0/s1. The molecule has 2 heterocycles. The molecule has 1 atom stereocenters. The van der Waals surface area contributed by atoms with Crippen LogP contribution in [0.3, 0.4) is 0 Å². The minimum absolute atomic E-state index is 0.0766. The van der Waals surface area contributed by atoms with E-state index >= 15 is 0 Å². The number of nitrogens with zero attached hydrogens (tertiary/aromatic N) is 4. The van der Waals surface area contributed by atoms with Crippen molar-refractivity contribution >= 4 is 23.6 Å². The number of anilines is 1. The van der Waals surface area contributed by atoms with Gasteiger partial charge in [0.05, 0.1) is 5.25 Å². The molecule has 1 aromatic carbocycles. The number of hydrogen-bond donors (Lipinski definition) is 0. The van der Waals surface area contributed by atoms with Crippen LogP contribution in [0.2, 0.25) is 0 Å². The molecule has 1 aliphatic heterocycles. The van der Waals surface area contributed by atoms with E-state index in [0.29, 0.717) is 0 Å². The summed E-state index contributed by atoms with van der Waals surface area (Å²) in [7, 11) is 0. The lowest BCUT2D eigenvalue weighted by Crippen LogP contribution is -2.51. The smallest absolute Gasteiger partial charge is 0.235 e. The van der Waals surface area contributed by atoms with Gasteiger partial charge in [-0.05, 0) is 32.0 Å². The molecule has 5 nitrogen and oxygen atoms in total. The van der Waals surface area contributed by atoms with Gasteiger partial charge in [0.2, 0.25) is 11.9 Å². The van der Waals surface area contributed by atoms with Crippen molar-refractivity contribution < 1.29 is 4.79 Å². The quantitative estimate of drug-likeness (QED) is 0.800. The maximum Gasteiger partial charge on any atom is 0.235 e. The second-order valence-electron chi connectivity index (χ2n) is 5.93. The first kappa shape index (κ1) is 16.8. The lowest BCUT2D eigenvalue weighted by atomic mass is 10.2. The highest BCUT2D eigenvalue weighted by molar-refractivity contribution is 8.00. The molecule has 0 N–H and O–H groups in total. The van der Waals surface area contributed by atoms with E-state index in [-0.39, 0.29) is 11.2 Å². The van der Waals surface area contributed by atoms with Gasteiger partial charge in [-0.15, -0.1) is 11.8 Å². The Morgan fingerprint density at radius 3 is 2.33 bits per heavy atom. The second kappa shape index (κ2) is 7.66. The third-order valence-electron chi connectivity index (χ3n) is 4.11. The van der Waals surface area contributed by atoms with Crippen molar-refractivity contribution in [3.8, 4) is 0 Å². The largest absolute Gasteiger partial charge is 0.338 e. The maximum atomic E-state index is 12.7. The van der Waals surface area contributed by atoms with Gasteiger partial charge in [0.25, 0.3) is 0 Å². The summed E-state index contributed by atoms with van der Waals surface area (Å²) in [6, 6.07) is 10.1. The summed E-state index contributed by atoms with van der Waals surface area (Å²) in [4.78, 5) is 26.4. The minimum atomic E-state index is -0.0766. The SMILES string of the molecule is Cc1ccc(S[C@@H](C)C(=O)N2CCN(c3ncccn3)CC2)cc1. The van der Waals surface area contributed by atoms with Gasteiger partial charge >= 0.3 is 0 Å². The Hall–Kier alpha value is -2.08. The number of carbonyl (C=O) groups excluding carboxylic acids is 1. The molecule has 1 aromatic heterocycles. The van der Waals surface area contributed by atoms with Gasteiger partial charge in [-0.1, -0.05) is 17.7 Å². The molecule has 0 radical (unpaired) electrons. The molecule has 1 amide bonds. The Labute approximate surface area is 147 Å². The predicted octanol–water partition coefficient (Wildman–Crippen LogP) is 2.61. The highest BCUT2D eigenvalue weighted by atomic mass is 32.2. The Morgan fingerprint density at radius 1 is 1.08 bits per heavy atom. The summed E-state index contributed by atoms with van der Waals surface area (Å²) < 4.78 is 0. The van der Waals surface area contributed by atoms with Crippen LogP contribution in [0.15, 0.2) is 47.6 Å². The van der Waals surface area contributed by atoms with E-state index < -0.39 is 0 Å². The van der Waals surface area contributed by atoms with Crippen molar-refractivity contribution in [2.24, 2.45) is 0 Å². The van der Waals surface area contributed by atoms with Crippen molar-refractivity contribution in [1.29, 1.82) is 0 Å². The number of piperazine rings is 1. The molecule has 0 saturated carbocycles. The zero-order valence-electron chi connectivity index (χ0n) is 14.1. The molecular formula is C18H22N4OS. The molecule has 2 aromatic rings. The normalized spacial score (nSPS) is 16.1. The van der Waals surface area contributed by atoms with Gasteiger partial charge in [0.15, 0.2) is 0 Å². The van der Waals surface area contributed by atoms with E-state index in [4.69, 9.17) is 0 Å². The Bertz CT molecular complexity index is 669. The first-order valence-corrected chi connectivity index (χ1v) is 9.05. The highest BCUT2D eigenvalue weighted by Crippen LogP contribution is 2.25. The number of aromatic nitrogens is 2. The number of rotatable bonds is 4. The van der Waals surface area contributed by atoms with Crippen LogP contribution >= 0.6 is 11.8 Å². The van der Waals surface area contributed by atoms with Crippen molar-refractivity contribution in [2.75, 3.05) is 31.1 Å². The zero-order chi connectivity index (χ0) is 16.9. The minimum Gasteiger partial charge on any atom is -0.338 e. The number of benzene rings is 1. The monoisotopic (exact) mass is 342 g/mol. The number of aryl methyl sites for hydroxylation is 1. The Morgan fingerprint density at radius 2 is 1.71 bits per heavy atom. The fraction of sp³-hybridized carbons (Fsp3) is 0.389. The molecule has 6 heteroatoms. The fourth-order valence-electron chi connectivity index (χ4n) is 2.71. The molecule has 1 aliphatic rings. The lowest BCUT2D eigenvalue weighted by Gasteiger charge is -2.35. The van der Waals surface area contributed by atoms with Crippen LogP contribution in [0.4, 0.5) is 5.95 Å². The van der Waals surface area contributed by atoms with Gasteiger partial charge < -0.3 is 9.80 Å². The topological polar surface area (TPSA) is 49.3 Å². The summed E-state index contributed by atoms with van der Waals surface area (Å²) in [5, 5.41) is -0.0766. The van der Waals surface area contributed by atoms with Gasteiger partial charge in [-0.25, -0.2) is 9.97 Å². The van der Waals surface area contributed by atoms with E-state index in [1.165, 1.54) is 5.56 Å². The van der Waals surface area contributed by atoms with Gasteiger partial charge in [0.1, 0.15) is 0 Å². The van der Waals surface area contributed by atoms with E-state index in [0.717, 1.165) is 37.0 Å². The van der Waals surface area contributed by atoms with Crippen LogP contribution in [0.1, 0.15) is 12.5 Å². The summed E-state index contributed by atoms with van der Waals surface area (Å²) in [6.45, 7) is 7.04. The molecule has 0 bridgehead atoms. The van der Waals surface area contributed by atoms with E-state index in [2.05, 4.69) is 46.1 Å². The maximum absolute atomic E-state index is 12.7. The van der Waals surface area contributed by atoms with E-state index in [1.54, 1.807) is 24.2 Å². The number of hydrogen-bond acceptors (Lipinski definition) is 5. The molecule has 0 aliphatic carbocycles. The van der Waals surface area contributed by atoms with E-state index in [9.17, 15) is 4.79 Å². The lowest BCUT2D eigenvalue weighted by molar-refractivity contribution is -0.130. The number of carbonyl (C=O) groups is 1. The van der Waals surface area contributed by atoms with Crippen molar-refractivity contribution in [3.05, 3.63) is 48.3 Å². The molecule has 0 unspecified atom stereocenters. The highest BCUT2D eigenvalue weighted by Gasteiger charge is 2.26. The van der Waals surface area contributed by atoms with Gasteiger partial charge in [-0.2, -0.15) is 0 Å². The zero-order valence-corrected chi connectivity index (χ0v) is 14.9. The second-order valence-corrected chi connectivity index (χ2v) is 7.35. The number of amides is 1. The summed E-state index contributed by atoms with van der Waals surface area (Å²) >= 11 is 1.62. The van der Waals surface area contributed by atoms with Crippen LogP contribution in [0.25, 0.3) is 0 Å². The third-order valence-corrected chi connectivity index (χ3v) is 5.21. The average molecular weight is 342 g/mol. The van der Waals surface area contributed by atoms with Crippen LogP contribution in [0.5, 0.6) is 0 Å². The van der Waals surface area contributed by atoms with Crippen molar-refractivity contribution in [1.82, 2.24) is 14.9 Å². The molecular weight excluding hydrogens is 320 g/mol. The molecule has 24 heavy (non-hydrogen) atoms. The number of thioether (sulfide) groups is 1. The third kappa shape index (κ3) is 4.06. The van der Waals surface area contributed by atoms with Gasteiger partial charge in [0, 0.05) is 43.5 Å². The first-order valence-electron chi connectivity index (χ1n) is 8.17. The summed E-state index contributed by atoms with van der Waals surface area (Å²) in [5.74, 6) is 0.945. The average Bonchev–Trinajstić information content (AvgIpc) is 2.64. The molecule has 3 rings (SSSR count). The molecule has 0 spiro atoms. The molecule has 1 fully saturated rings. The Kier molecular flexibility index (Phi) is 5.35. The first-order chi connectivity index (χ1) is 11.6. The van der Waals surface area contributed by atoms with Gasteiger partial charge in [-0.3, -0.25) is 4.79 Å². The van der Waals surface area contributed by atoms with Crippen LogP contribution in [0, 0.1) is 6.92 Å². The summed E-state index contributed by atoms with van der Waals surface area (Å²) in [5.41, 5.74) is 1.23. The van der Waals surface area contributed by atoms with E-state index in [1.807, 2.05) is 17.9 Å². The molecule has 126 valence electrons. The van der Waals surface area contributed by atoms with Crippen LogP contribution in [-0.2, 0) is 4.79 Å². The van der Waals surface area contributed by atoms with Crippen molar-refractivity contribution in [3.63, 3.8) is 0 Å².